The molecule has 0 radical (unpaired) electrons. The largest absolute Gasteiger partial charge is 0.356 e. The van der Waals surface area contributed by atoms with Crippen LogP contribution in [0.15, 0.2) is 0 Å². The van der Waals surface area contributed by atoms with Crippen LogP contribution in [0.3, 0.4) is 0 Å². The van der Waals surface area contributed by atoms with Crippen LogP contribution in [0.2, 0.25) is 0 Å². The highest BCUT2D eigenvalue weighted by Crippen LogP contribution is 2.35. The van der Waals surface area contributed by atoms with Gasteiger partial charge in [-0.2, -0.15) is 0 Å². The summed E-state index contributed by atoms with van der Waals surface area (Å²) in [5.74, 6) is 0.205. The van der Waals surface area contributed by atoms with E-state index in [2.05, 4.69) is 12.2 Å². The lowest BCUT2D eigenvalue weighted by atomic mass is 9.73. The Morgan fingerprint density at radius 3 is 2.47 bits per heavy atom. The Hall–Kier alpha value is -0.570. The fourth-order valence-electron chi connectivity index (χ4n) is 2.69. The molecule has 0 saturated heterocycles. The van der Waals surface area contributed by atoms with Crippen molar-refractivity contribution in [1.29, 1.82) is 0 Å². The van der Waals surface area contributed by atoms with Gasteiger partial charge in [0.15, 0.2) is 0 Å². The zero-order chi connectivity index (χ0) is 12.6. The van der Waals surface area contributed by atoms with Gasteiger partial charge in [-0.1, -0.05) is 45.4 Å². The van der Waals surface area contributed by atoms with Crippen molar-refractivity contribution < 1.29 is 4.79 Å². The fraction of sp³-hybridized carbons (Fsp3) is 0.929. The lowest BCUT2D eigenvalue weighted by molar-refractivity contribution is -0.132. The van der Waals surface area contributed by atoms with Gasteiger partial charge in [-0.05, 0) is 19.3 Å². The Morgan fingerprint density at radius 1 is 1.18 bits per heavy atom. The van der Waals surface area contributed by atoms with Crippen LogP contribution >= 0.6 is 0 Å². The molecule has 0 spiro atoms. The predicted molar refractivity (Wildman–Crippen MR) is 71.7 cm³/mol. The maximum Gasteiger partial charge on any atom is 0.227 e. The molecular formula is C14H28N2O. The first-order valence-corrected chi connectivity index (χ1v) is 7.23. The van der Waals surface area contributed by atoms with Crippen molar-refractivity contribution in [3.8, 4) is 0 Å². The maximum absolute atomic E-state index is 12.2. The topological polar surface area (TPSA) is 55.1 Å². The average Bonchev–Trinajstić information content (AvgIpc) is 2.39. The molecule has 0 atom stereocenters. The van der Waals surface area contributed by atoms with E-state index in [0.29, 0.717) is 6.54 Å². The van der Waals surface area contributed by atoms with Crippen molar-refractivity contribution in [3.63, 3.8) is 0 Å². The molecule has 0 heterocycles. The SMILES string of the molecule is CCCCCCNC(=O)C1(CN)CCCCC1. The van der Waals surface area contributed by atoms with Crippen LogP contribution in [-0.4, -0.2) is 19.0 Å². The average molecular weight is 240 g/mol. The number of carbonyl (C=O) groups excluding carboxylic acids is 1. The van der Waals surface area contributed by atoms with Crippen LogP contribution in [0, 0.1) is 5.41 Å². The summed E-state index contributed by atoms with van der Waals surface area (Å²) in [4.78, 5) is 12.2. The second-order valence-corrected chi connectivity index (χ2v) is 5.36. The Morgan fingerprint density at radius 2 is 1.88 bits per heavy atom. The van der Waals surface area contributed by atoms with Gasteiger partial charge in [-0.25, -0.2) is 0 Å². The van der Waals surface area contributed by atoms with E-state index in [1.807, 2.05) is 0 Å². The molecule has 0 aromatic heterocycles. The van der Waals surface area contributed by atoms with Crippen LogP contribution in [-0.2, 0) is 4.79 Å². The molecule has 3 heteroatoms. The monoisotopic (exact) mass is 240 g/mol. The predicted octanol–water partition coefficient (Wildman–Crippen LogP) is 2.59. The quantitative estimate of drug-likeness (QED) is 0.672. The van der Waals surface area contributed by atoms with Crippen molar-refractivity contribution in [2.45, 2.75) is 64.7 Å². The molecule has 17 heavy (non-hydrogen) atoms. The smallest absolute Gasteiger partial charge is 0.227 e. The molecule has 0 unspecified atom stereocenters. The number of nitrogens with two attached hydrogens (primary N) is 1. The molecule has 3 N–H and O–H groups in total. The summed E-state index contributed by atoms with van der Waals surface area (Å²) >= 11 is 0. The molecule has 1 amide bonds. The molecule has 0 aliphatic heterocycles. The first-order valence-electron chi connectivity index (χ1n) is 7.23. The number of hydrogen-bond donors (Lipinski definition) is 2. The maximum atomic E-state index is 12.2. The van der Waals surface area contributed by atoms with Crippen LogP contribution in [0.1, 0.15) is 64.7 Å². The minimum atomic E-state index is -0.247. The van der Waals surface area contributed by atoms with Gasteiger partial charge in [0.05, 0.1) is 5.41 Å². The van der Waals surface area contributed by atoms with Crippen LogP contribution in [0.25, 0.3) is 0 Å². The number of unbranched alkanes of at least 4 members (excludes halogenated alkanes) is 3. The Bertz CT molecular complexity index is 222. The van der Waals surface area contributed by atoms with E-state index >= 15 is 0 Å². The van der Waals surface area contributed by atoms with E-state index in [-0.39, 0.29) is 11.3 Å². The van der Waals surface area contributed by atoms with Gasteiger partial charge in [0.25, 0.3) is 0 Å². The number of nitrogens with one attached hydrogen (secondary N) is 1. The van der Waals surface area contributed by atoms with Crippen molar-refractivity contribution in [3.05, 3.63) is 0 Å². The zero-order valence-corrected chi connectivity index (χ0v) is 11.3. The van der Waals surface area contributed by atoms with Gasteiger partial charge in [-0.15, -0.1) is 0 Å². The summed E-state index contributed by atoms with van der Waals surface area (Å²) in [7, 11) is 0. The molecule has 100 valence electrons. The van der Waals surface area contributed by atoms with Crippen molar-refractivity contribution in [2.75, 3.05) is 13.1 Å². The minimum absolute atomic E-state index is 0.205. The molecule has 1 aliphatic carbocycles. The Kier molecular flexibility index (Phi) is 6.56. The summed E-state index contributed by atoms with van der Waals surface area (Å²) < 4.78 is 0. The second kappa shape index (κ2) is 7.70. The summed E-state index contributed by atoms with van der Waals surface area (Å²) in [6.07, 6.45) is 10.3. The molecule has 1 aliphatic rings. The fourth-order valence-corrected chi connectivity index (χ4v) is 2.69. The van der Waals surface area contributed by atoms with E-state index in [1.165, 1.54) is 25.7 Å². The summed E-state index contributed by atoms with van der Waals surface area (Å²) in [5, 5.41) is 3.08. The van der Waals surface area contributed by atoms with E-state index in [4.69, 9.17) is 5.73 Å². The highest BCUT2D eigenvalue weighted by molar-refractivity contribution is 5.82. The molecule has 1 fully saturated rings. The Labute approximate surface area is 106 Å². The zero-order valence-electron chi connectivity index (χ0n) is 11.3. The highest BCUT2D eigenvalue weighted by atomic mass is 16.2. The standard InChI is InChI=1S/C14H28N2O/c1-2-3-4-8-11-16-13(17)14(12-15)9-6-5-7-10-14/h2-12,15H2,1H3,(H,16,17). The lowest BCUT2D eigenvalue weighted by Gasteiger charge is -2.34. The second-order valence-electron chi connectivity index (χ2n) is 5.36. The first kappa shape index (κ1) is 14.5. The first-order chi connectivity index (χ1) is 8.25. The highest BCUT2D eigenvalue weighted by Gasteiger charge is 2.37. The van der Waals surface area contributed by atoms with E-state index in [9.17, 15) is 4.79 Å². The van der Waals surface area contributed by atoms with Gasteiger partial charge in [0.1, 0.15) is 0 Å². The molecule has 0 aromatic carbocycles. The normalized spacial score (nSPS) is 18.9. The van der Waals surface area contributed by atoms with Gasteiger partial charge in [0.2, 0.25) is 5.91 Å². The lowest BCUT2D eigenvalue weighted by Crippen LogP contribution is -2.47. The van der Waals surface area contributed by atoms with E-state index in [0.717, 1.165) is 38.6 Å². The number of carbonyl (C=O) groups is 1. The molecule has 1 saturated carbocycles. The van der Waals surface area contributed by atoms with Crippen molar-refractivity contribution in [2.24, 2.45) is 11.1 Å². The minimum Gasteiger partial charge on any atom is -0.356 e. The molecule has 1 rings (SSSR count). The summed E-state index contributed by atoms with van der Waals surface area (Å²) in [6, 6.07) is 0. The Balaban J connectivity index is 2.28. The molecule has 0 bridgehead atoms. The van der Waals surface area contributed by atoms with Gasteiger partial charge >= 0.3 is 0 Å². The van der Waals surface area contributed by atoms with Crippen LogP contribution in [0.5, 0.6) is 0 Å². The van der Waals surface area contributed by atoms with Crippen LogP contribution in [0.4, 0.5) is 0 Å². The molecular weight excluding hydrogens is 212 g/mol. The number of hydrogen-bond acceptors (Lipinski definition) is 2. The number of rotatable bonds is 7. The summed E-state index contributed by atoms with van der Waals surface area (Å²) in [6.45, 7) is 3.53. The van der Waals surface area contributed by atoms with Gasteiger partial charge in [-0.3, -0.25) is 4.79 Å². The van der Waals surface area contributed by atoms with Gasteiger partial charge in [0, 0.05) is 13.1 Å². The third-order valence-corrected chi connectivity index (χ3v) is 4.00. The third kappa shape index (κ3) is 4.30. The molecule has 3 nitrogen and oxygen atoms in total. The van der Waals surface area contributed by atoms with Crippen molar-refractivity contribution in [1.82, 2.24) is 5.32 Å². The van der Waals surface area contributed by atoms with E-state index in [1.54, 1.807) is 0 Å². The van der Waals surface area contributed by atoms with Gasteiger partial charge < -0.3 is 11.1 Å². The van der Waals surface area contributed by atoms with E-state index < -0.39 is 0 Å². The van der Waals surface area contributed by atoms with Crippen molar-refractivity contribution >= 4 is 5.91 Å². The molecule has 0 aromatic rings. The summed E-state index contributed by atoms with van der Waals surface area (Å²) in [5.41, 5.74) is 5.58. The van der Waals surface area contributed by atoms with Crippen LogP contribution < -0.4 is 11.1 Å². The number of amides is 1. The third-order valence-electron chi connectivity index (χ3n) is 4.00.